The number of piperazine rings is 2. The Hall–Kier alpha value is -2.04. The number of carbonyl (C=O) groups is 2. The molecule has 2 N–H and O–H groups in total. The summed E-state index contributed by atoms with van der Waals surface area (Å²) >= 11 is 5.52. The first kappa shape index (κ1) is 25.2. The Morgan fingerprint density at radius 2 is 1.74 bits per heavy atom. The van der Waals surface area contributed by atoms with E-state index in [1.54, 1.807) is 0 Å². The maximum absolute atomic E-state index is 12.8. The van der Waals surface area contributed by atoms with Crippen LogP contribution in [0.3, 0.4) is 0 Å². The number of benzene rings is 1. The molecule has 2 fully saturated rings. The fraction of sp³-hybridized carbons (Fsp3) is 0.600. The molecule has 7 nitrogen and oxygen atoms in total. The number of hydrogen-bond donors (Lipinski definition) is 2. The van der Waals surface area contributed by atoms with Crippen LogP contribution in [-0.4, -0.2) is 85.5 Å². The number of rotatable bonds is 3. The van der Waals surface area contributed by atoms with Crippen LogP contribution in [0.1, 0.15) is 19.4 Å². The van der Waals surface area contributed by atoms with Gasteiger partial charge in [0.25, 0.3) is 0 Å². The summed E-state index contributed by atoms with van der Waals surface area (Å²) < 4.78 is 38.3. The highest BCUT2D eigenvalue weighted by molar-refractivity contribution is 6.31. The van der Waals surface area contributed by atoms with Crippen LogP contribution in [-0.2, 0) is 11.0 Å². The van der Waals surface area contributed by atoms with Gasteiger partial charge in [0.2, 0.25) is 6.41 Å². The fourth-order valence-electron chi connectivity index (χ4n) is 3.25. The Morgan fingerprint density at radius 3 is 2.23 bits per heavy atom. The van der Waals surface area contributed by atoms with E-state index in [9.17, 15) is 22.8 Å². The smallest absolute Gasteiger partial charge is 0.342 e. The highest BCUT2D eigenvalue weighted by Gasteiger charge is 2.33. The molecule has 0 spiro atoms. The first-order valence-electron chi connectivity index (χ1n) is 10.2. The maximum atomic E-state index is 12.8. The Labute approximate surface area is 185 Å². The van der Waals surface area contributed by atoms with Gasteiger partial charge in [-0.2, -0.15) is 13.2 Å². The Balaban J connectivity index is 0.000000316. The van der Waals surface area contributed by atoms with Crippen LogP contribution in [0.25, 0.3) is 0 Å². The van der Waals surface area contributed by atoms with E-state index in [0.29, 0.717) is 32.6 Å². The molecular weight excluding hydrogens is 435 g/mol. The standard InChI is InChI=1S/C13H13ClF3N3O2.C7H16N2/c14-11-2-1-9(7-10(11)13(15,16)17)18-12(22)20-5-3-19(8-21)4-6-20;1-7(2)9-5-3-8-4-6-9/h1-2,7-8H,3-6H2,(H,18,22);7-8H,3-6H2,1-2H3. The van der Waals surface area contributed by atoms with Crippen LogP contribution in [0.2, 0.25) is 5.02 Å². The van der Waals surface area contributed by atoms with E-state index in [1.807, 2.05) is 0 Å². The summed E-state index contributed by atoms with van der Waals surface area (Å²) in [5.41, 5.74) is -0.989. The van der Waals surface area contributed by atoms with Crippen molar-refractivity contribution >= 4 is 29.7 Å². The van der Waals surface area contributed by atoms with Gasteiger partial charge in [-0.25, -0.2) is 4.79 Å². The van der Waals surface area contributed by atoms with E-state index in [4.69, 9.17) is 11.6 Å². The van der Waals surface area contributed by atoms with E-state index in [1.165, 1.54) is 29.0 Å². The number of halogens is 4. The summed E-state index contributed by atoms with van der Waals surface area (Å²) in [7, 11) is 0. The molecule has 3 rings (SSSR count). The second-order valence-corrected chi connectivity index (χ2v) is 8.04. The third kappa shape index (κ3) is 7.86. The van der Waals surface area contributed by atoms with Crippen molar-refractivity contribution in [2.45, 2.75) is 26.1 Å². The summed E-state index contributed by atoms with van der Waals surface area (Å²) in [5.74, 6) is 0. The highest BCUT2D eigenvalue weighted by atomic mass is 35.5. The molecule has 2 heterocycles. The monoisotopic (exact) mass is 463 g/mol. The molecule has 0 aliphatic carbocycles. The second kappa shape index (κ2) is 11.5. The molecule has 0 atom stereocenters. The first-order valence-corrected chi connectivity index (χ1v) is 10.6. The highest BCUT2D eigenvalue weighted by Crippen LogP contribution is 2.36. The number of amides is 3. The molecule has 0 saturated carbocycles. The largest absolute Gasteiger partial charge is 0.417 e. The molecule has 0 bridgehead atoms. The Bertz CT molecular complexity index is 734. The van der Waals surface area contributed by atoms with Gasteiger partial charge in [-0.1, -0.05) is 11.6 Å². The van der Waals surface area contributed by atoms with Gasteiger partial charge < -0.3 is 20.4 Å². The van der Waals surface area contributed by atoms with Gasteiger partial charge in [0.05, 0.1) is 10.6 Å². The Kier molecular flexibility index (Phi) is 9.39. The van der Waals surface area contributed by atoms with Crippen molar-refractivity contribution in [3.63, 3.8) is 0 Å². The third-order valence-electron chi connectivity index (χ3n) is 5.16. The average Bonchev–Trinajstić information content (AvgIpc) is 2.75. The van der Waals surface area contributed by atoms with Crippen molar-refractivity contribution in [3.8, 4) is 0 Å². The van der Waals surface area contributed by atoms with Crippen LogP contribution in [0, 0.1) is 0 Å². The number of alkyl halides is 3. The molecule has 0 radical (unpaired) electrons. The van der Waals surface area contributed by atoms with Crippen molar-refractivity contribution in [2.24, 2.45) is 0 Å². The minimum absolute atomic E-state index is 0.0135. The zero-order chi connectivity index (χ0) is 23.0. The van der Waals surface area contributed by atoms with E-state index >= 15 is 0 Å². The van der Waals surface area contributed by atoms with Gasteiger partial charge in [-0.05, 0) is 32.0 Å². The van der Waals surface area contributed by atoms with Crippen LogP contribution in [0.15, 0.2) is 18.2 Å². The summed E-state index contributed by atoms with van der Waals surface area (Å²) in [4.78, 5) is 28.0. The van der Waals surface area contributed by atoms with Crippen molar-refractivity contribution in [1.29, 1.82) is 0 Å². The summed E-state index contributed by atoms with van der Waals surface area (Å²) in [5, 5.41) is 5.31. The lowest BCUT2D eigenvalue weighted by molar-refractivity contribution is -0.137. The normalized spacial score (nSPS) is 17.8. The molecule has 3 amide bonds. The van der Waals surface area contributed by atoms with Crippen molar-refractivity contribution in [2.75, 3.05) is 57.7 Å². The molecule has 174 valence electrons. The van der Waals surface area contributed by atoms with Gasteiger partial charge in [0.1, 0.15) is 0 Å². The van der Waals surface area contributed by atoms with Crippen LogP contribution in [0.5, 0.6) is 0 Å². The fourth-order valence-corrected chi connectivity index (χ4v) is 3.48. The lowest BCUT2D eigenvalue weighted by atomic mass is 10.2. The lowest BCUT2D eigenvalue weighted by Gasteiger charge is -2.32. The van der Waals surface area contributed by atoms with Gasteiger partial charge in [-0.15, -0.1) is 0 Å². The van der Waals surface area contributed by atoms with E-state index < -0.39 is 22.8 Å². The molecular formula is C20H29ClF3N5O2. The number of nitrogens with one attached hydrogen (secondary N) is 2. The van der Waals surface area contributed by atoms with Gasteiger partial charge >= 0.3 is 12.2 Å². The predicted molar refractivity (Wildman–Crippen MR) is 114 cm³/mol. The number of nitrogens with zero attached hydrogens (tertiary/aromatic N) is 3. The summed E-state index contributed by atoms with van der Waals surface area (Å²) in [6.45, 7) is 10.7. The van der Waals surface area contributed by atoms with Gasteiger partial charge in [0.15, 0.2) is 0 Å². The molecule has 31 heavy (non-hydrogen) atoms. The second-order valence-electron chi connectivity index (χ2n) is 7.63. The first-order chi connectivity index (χ1) is 14.6. The summed E-state index contributed by atoms with van der Waals surface area (Å²) in [6.07, 6.45) is -3.89. The van der Waals surface area contributed by atoms with Crippen molar-refractivity contribution < 1.29 is 22.8 Å². The number of anilines is 1. The topological polar surface area (TPSA) is 67.9 Å². The zero-order valence-corrected chi connectivity index (χ0v) is 18.5. The van der Waals surface area contributed by atoms with Crippen LogP contribution in [0.4, 0.5) is 23.7 Å². The molecule has 1 aromatic carbocycles. The molecule has 1 aromatic rings. The quantitative estimate of drug-likeness (QED) is 0.676. The molecule has 0 aromatic heterocycles. The SMILES string of the molecule is CC(C)N1CCNCC1.O=CN1CCN(C(=O)Nc2ccc(Cl)c(C(F)(F)F)c2)CC1. The Morgan fingerprint density at radius 1 is 1.13 bits per heavy atom. The number of carbonyl (C=O) groups excluding carboxylic acids is 2. The number of urea groups is 1. The summed E-state index contributed by atoms with van der Waals surface area (Å²) in [6, 6.07) is 3.40. The van der Waals surface area contributed by atoms with Crippen molar-refractivity contribution in [3.05, 3.63) is 28.8 Å². The minimum Gasteiger partial charge on any atom is -0.342 e. The molecule has 2 aliphatic rings. The zero-order valence-electron chi connectivity index (χ0n) is 17.7. The van der Waals surface area contributed by atoms with Crippen LogP contribution < -0.4 is 10.6 Å². The van der Waals surface area contributed by atoms with E-state index in [0.717, 1.165) is 31.3 Å². The number of hydrogen-bond acceptors (Lipinski definition) is 4. The maximum Gasteiger partial charge on any atom is 0.417 e. The predicted octanol–water partition coefficient (Wildman–Crippen LogP) is 2.96. The van der Waals surface area contributed by atoms with Crippen molar-refractivity contribution in [1.82, 2.24) is 20.0 Å². The average molecular weight is 464 g/mol. The van der Waals surface area contributed by atoms with Gasteiger partial charge in [-0.3, -0.25) is 9.69 Å². The van der Waals surface area contributed by atoms with Crippen LogP contribution >= 0.6 is 11.6 Å². The molecule has 2 aliphatic heterocycles. The molecule has 0 unspecified atom stereocenters. The van der Waals surface area contributed by atoms with E-state index in [-0.39, 0.29) is 5.69 Å². The van der Waals surface area contributed by atoms with E-state index in [2.05, 4.69) is 29.4 Å². The molecule has 2 saturated heterocycles. The molecule has 11 heteroatoms. The third-order valence-corrected chi connectivity index (χ3v) is 5.49. The van der Waals surface area contributed by atoms with Gasteiger partial charge in [0, 0.05) is 64.1 Å². The minimum atomic E-state index is -4.59. The lowest BCUT2D eigenvalue weighted by Crippen LogP contribution is -2.49.